The molecule has 0 amide bonds. The highest BCUT2D eigenvalue weighted by atomic mass is 19.1. The minimum absolute atomic E-state index is 0.193. The van der Waals surface area contributed by atoms with E-state index in [0.29, 0.717) is 24.0 Å². The first kappa shape index (κ1) is 15.2. The van der Waals surface area contributed by atoms with Gasteiger partial charge in [0, 0.05) is 35.8 Å². The summed E-state index contributed by atoms with van der Waals surface area (Å²) in [5.41, 5.74) is 0.547. The van der Waals surface area contributed by atoms with Crippen LogP contribution >= 0.6 is 0 Å². The van der Waals surface area contributed by atoms with Crippen LogP contribution in [0.25, 0.3) is 10.9 Å². The fraction of sp³-hybridized carbons (Fsp3) is 0.471. The molecule has 3 N–H and O–H groups in total. The minimum Gasteiger partial charge on any atom is -0.389 e. The van der Waals surface area contributed by atoms with Crippen LogP contribution < -0.4 is 10.7 Å². The molecule has 1 fully saturated rings. The summed E-state index contributed by atoms with van der Waals surface area (Å²) in [5, 5.41) is 14.0. The first-order valence-corrected chi connectivity index (χ1v) is 7.80. The maximum Gasteiger partial charge on any atom is 0.189 e. The topological polar surface area (TPSA) is 65.1 Å². The van der Waals surface area contributed by atoms with E-state index < -0.39 is 11.4 Å². The number of hydrogen-bond acceptors (Lipinski definition) is 3. The molecule has 0 saturated heterocycles. The van der Waals surface area contributed by atoms with Crippen molar-refractivity contribution >= 4 is 10.9 Å². The molecular formula is C17H21FN2O2. The van der Waals surface area contributed by atoms with E-state index in [2.05, 4.69) is 10.3 Å². The zero-order chi connectivity index (χ0) is 15.6. The van der Waals surface area contributed by atoms with Gasteiger partial charge in [-0.3, -0.25) is 4.79 Å². The molecule has 1 saturated carbocycles. The van der Waals surface area contributed by atoms with Crippen molar-refractivity contribution in [1.82, 2.24) is 10.3 Å². The number of aromatic nitrogens is 1. The lowest BCUT2D eigenvalue weighted by Crippen LogP contribution is -2.42. The highest BCUT2D eigenvalue weighted by Crippen LogP contribution is 2.27. The molecule has 0 radical (unpaired) electrons. The monoisotopic (exact) mass is 304 g/mol. The number of nitrogens with one attached hydrogen (secondary N) is 2. The highest BCUT2D eigenvalue weighted by Gasteiger charge is 2.28. The third kappa shape index (κ3) is 3.36. The van der Waals surface area contributed by atoms with Crippen LogP contribution in [-0.2, 0) is 6.54 Å². The van der Waals surface area contributed by atoms with Gasteiger partial charge < -0.3 is 15.4 Å². The van der Waals surface area contributed by atoms with Crippen LogP contribution in [-0.4, -0.2) is 22.2 Å². The molecule has 1 aliphatic rings. The third-order valence-corrected chi connectivity index (χ3v) is 4.40. The van der Waals surface area contributed by atoms with Gasteiger partial charge in [0.05, 0.1) is 5.60 Å². The van der Waals surface area contributed by atoms with E-state index in [4.69, 9.17) is 0 Å². The van der Waals surface area contributed by atoms with Gasteiger partial charge in [-0.15, -0.1) is 0 Å². The lowest BCUT2D eigenvalue weighted by atomic mass is 9.85. The maximum absolute atomic E-state index is 13.2. The lowest BCUT2D eigenvalue weighted by molar-refractivity contribution is 0.00462. The predicted octanol–water partition coefficient (Wildman–Crippen LogP) is 2.45. The summed E-state index contributed by atoms with van der Waals surface area (Å²) in [4.78, 5) is 15.2. The number of H-pyrrole nitrogens is 1. The van der Waals surface area contributed by atoms with Crippen LogP contribution in [0, 0.1) is 5.82 Å². The molecule has 0 atom stereocenters. The van der Waals surface area contributed by atoms with Crippen molar-refractivity contribution in [2.24, 2.45) is 0 Å². The number of aliphatic hydroxyl groups is 1. The molecule has 1 aromatic heterocycles. The van der Waals surface area contributed by atoms with Crippen molar-refractivity contribution in [1.29, 1.82) is 0 Å². The van der Waals surface area contributed by atoms with E-state index in [9.17, 15) is 14.3 Å². The van der Waals surface area contributed by atoms with E-state index in [1.807, 2.05) is 0 Å². The maximum atomic E-state index is 13.2. The smallest absolute Gasteiger partial charge is 0.189 e. The third-order valence-electron chi connectivity index (χ3n) is 4.40. The summed E-state index contributed by atoms with van der Waals surface area (Å²) in [6.45, 7) is 1.00. The van der Waals surface area contributed by atoms with Crippen molar-refractivity contribution in [2.75, 3.05) is 6.54 Å². The van der Waals surface area contributed by atoms with Crippen molar-refractivity contribution in [2.45, 2.75) is 44.2 Å². The van der Waals surface area contributed by atoms with Crippen LogP contribution in [0.1, 0.15) is 37.8 Å². The van der Waals surface area contributed by atoms with Gasteiger partial charge in [-0.2, -0.15) is 0 Å². The lowest BCUT2D eigenvalue weighted by Gasteiger charge is -2.32. The molecule has 5 heteroatoms. The zero-order valence-electron chi connectivity index (χ0n) is 12.5. The van der Waals surface area contributed by atoms with Crippen molar-refractivity contribution in [3.05, 3.63) is 46.0 Å². The average molecular weight is 304 g/mol. The molecule has 1 aliphatic carbocycles. The van der Waals surface area contributed by atoms with Gasteiger partial charge in [0.25, 0.3) is 0 Å². The number of aromatic amines is 1. The Morgan fingerprint density at radius 3 is 2.77 bits per heavy atom. The van der Waals surface area contributed by atoms with Crippen LogP contribution in [0.4, 0.5) is 4.39 Å². The number of rotatable bonds is 4. The molecular weight excluding hydrogens is 283 g/mol. The van der Waals surface area contributed by atoms with Crippen LogP contribution in [0.2, 0.25) is 0 Å². The van der Waals surface area contributed by atoms with Crippen LogP contribution in [0.3, 0.4) is 0 Å². The molecule has 0 bridgehead atoms. The average Bonchev–Trinajstić information content (AvgIpc) is 2.49. The zero-order valence-corrected chi connectivity index (χ0v) is 12.5. The molecule has 118 valence electrons. The first-order chi connectivity index (χ1) is 10.6. The van der Waals surface area contributed by atoms with Crippen molar-refractivity contribution in [3.63, 3.8) is 0 Å². The number of halogens is 1. The Hall–Kier alpha value is -1.72. The van der Waals surface area contributed by atoms with Crippen LogP contribution in [0.5, 0.6) is 0 Å². The van der Waals surface area contributed by atoms with E-state index in [-0.39, 0.29) is 5.43 Å². The second kappa shape index (κ2) is 6.18. The van der Waals surface area contributed by atoms with Gasteiger partial charge in [0.2, 0.25) is 0 Å². The van der Waals surface area contributed by atoms with Gasteiger partial charge in [0.1, 0.15) is 5.82 Å². The summed E-state index contributed by atoms with van der Waals surface area (Å²) in [7, 11) is 0. The van der Waals surface area contributed by atoms with E-state index in [1.54, 1.807) is 6.07 Å². The van der Waals surface area contributed by atoms with Gasteiger partial charge in [0.15, 0.2) is 5.43 Å². The van der Waals surface area contributed by atoms with E-state index in [1.165, 1.54) is 24.6 Å². The molecule has 4 nitrogen and oxygen atoms in total. The largest absolute Gasteiger partial charge is 0.389 e. The number of pyridine rings is 1. The number of benzene rings is 1. The molecule has 1 aromatic carbocycles. The fourth-order valence-electron chi connectivity index (χ4n) is 3.19. The van der Waals surface area contributed by atoms with Crippen molar-refractivity contribution < 1.29 is 9.50 Å². The molecule has 3 rings (SSSR count). The molecule has 0 aliphatic heterocycles. The highest BCUT2D eigenvalue weighted by molar-refractivity contribution is 5.78. The molecule has 0 unspecified atom stereocenters. The second-order valence-corrected chi connectivity index (χ2v) is 6.24. The summed E-state index contributed by atoms with van der Waals surface area (Å²) >= 11 is 0. The van der Waals surface area contributed by atoms with E-state index in [0.717, 1.165) is 31.4 Å². The Balaban J connectivity index is 1.69. The normalized spacial score (nSPS) is 17.7. The van der Waals surface area contributed by atoms with Crippen LogP contribution in [0.15, 0.2) is 29.1 Å². The second-order valence-electron chi connectivity index (χ2n) is 6.24. The molecule has 0 spiro atoms. The Kier molecular flexibility index (Phi) is 4.27. The Morgan fingerprint density at radius 1 is 1.23 bits per heavy atom. The predicted molar refractivity (Wildman–Crippen MR) is 84.3 cm³/mol. The summed E-state index contributed by atoms with van der Waals surface area (Å²) in [5.74, 6) is -0.414. The van der Waals surface area contributed by atoms with Gasteiger partial charge in [-0.25, -0.2) is 4.39 Å². The molecule has 1 heterocycles. The standard InChI is InChI=1S/C17H21FN2O2/c18-12-4-5-15-14(8-12)16(21)9-13(20-15)10-19-11-17(22)6-2-1-3-7-17/h4-5,8-9,19,22H,1-3,6-7,10-11H2,(H,20,21). The first-order valence-electron chi connectivity index (χ1n) is 7.80. The summed E-state index contributed by atoms with van der Waals surface area (Å²) in [6.07, 6.45) is 4.98. The molecule has 22 heavy (non-hydrogen) atoms. The fourth-order valence-corrected chi connectivity index (χ4v) is 3.19. The Bertz CT molecular complexity index is 720. The van der Waals surface area contributed by atoms with Gasteiger partial charge >= 0.3 is 0 Å². The minimum atomic E-state index is -0.626. The summed E-state index contributed by atoms with van der Waals surface area (Å²) in [6, 6.07) is 5.64. The van der Waals surface area contributed by atoms with Gasteiger partial charge in [-0.05, 0) is 31.0 Å². The SMILES string of the molecule is O=c1cc(CNCC2(O)CCCCC2)[nH]c2ccc(F)cc12. The Labute approximate surface area is 128 Å². The summed E-state index contributed by atoms with van der Waals surface area (Å²) < 4.78 is 13.2. The number of hydrogen-bond donors (Lipinski definition) is 3. The van der Waals surface area contributed by atoms with E-state index >= 15 is 0 Å². The number of fused-ring (bicyclic) bond motifs is 1. The van der Waals surface area contributed by atoms with Gasteiger partial charge in [-0.1, -0.05) is 19.3 Å². The Morgan fingerprint density at radius 2 is 2.00 bits per heavy atom. The molecule has 2 aromatic rings. The quantitative estimate of drug-likeness (QED) is 0.813. The van der Waals surface area contributed by atoms with Crippen molar-refractivity contribution in [3.8, 4) is 0 Å².